The Hall–Kier alpha value is -8.20. The van der Waals surface area contributed by atoms with Gasteiger partial charge in [0.05, 0.1) is 0 Å². The Balaban J connectivity index is 0.906. The predicted molar refractivity (Wildman–Crippen MR) is 263 cm³/mol. The standard InChI is InChI=1S/C60H39NO/c1-2-12-40(13-3-1)41-24-31-47(32-25-41)61(49-35-28-43(29-36-49)50-21-11-22-57-56-20-8-9-23-59(56)62-60(50)57)48-33-26-42(27-34-48)44-14-10-15-45(38-44)46-30-37-55-53-18-5-4-16-51(53)52-17-6-7-19-54(52)58(55)39-46/h1-39H. The van der Waals surface area contributed by atoms with Crippen molar-refractivity contribution in [1.82, 2.24) is 0 Å². The molecule has 0 unspecified atom stereocenters. The molecule has 1 heterocycles. The SMILES string of the molecule is c1ccc(-c2ccc(N(c3ccc(-c4cccc(-c5ccc6c7ccccc7c7ccccc7c6c5)c4)cc3)c3ccc(-c4cccc5c4oc4ccccc45)cc3)cc2)cc1. The normalized spacial score (nSPS) is 11.5. The molecule has 2 nitrogen and oxygen atoms in total. The number of hydrogen-bond acceptors (Lipinski definition) is 2. The quantitative estimate of drug-likeness (QED) is 0.150. The number of anilines is 3. The molecule has 12 rings (SSSR count). The Morgan fingerprint density at radius 2 is 0.645 bits per heavy atom. The lowest BCUT2D eigenvalue weighted by Gasteiger charge is -2.26. The highest BCUT2D eigenvalue weighted by Gasteiger charge is 2.17. The maximum Gasteiger partial charge on any atom is 0.143 e. The highest BCUT2D eigenvalue weighted by Crippen LogP contribution is 2.41. The molecule has 12 aromatic rings. The molecule has 290 valence electrons. The molecule has 0 radical (unpaired) electrons. The van der Waals surface area contributed by atoms with E-state index in [1.807, 2.05) is 12.1 Å². The average Bonchev–Trinajstić information content (AvgIpc) is 3.74. The summed E-state index contributed by atoms with van der Waals surface area (Å²) >= 11 is 0. The van der Waals surface area contributed by atoms with Gasteiger partial charge in [-0.1, -0.05) is 182 Å². The highest BCUT2D eigenvalue weighted by atomic mass is 16.3. The summed E-state index contributed by atoms with van der Waals surface area (Å²) in [6.45, 7) is 0. The Bertz CT molecular complexity index is 3570. The van der Waals surface area contributed by atoms with Crippen LogP contribution in [0.25, 0.3) is 98.8 Å². The van der Waals surface area contributed by atoms with E-state index in [9.17, 15) is 0 Å². The fraction of sp³-hybridized carbons (Fsp3) is 0. The van der Waals surface area contributed by atoms with Gasteiger partial charge >= 0.3 is 0 Å². The molecule has 0 spiro atoms. The number of fused-ring (bicyclic) bond motifs is 9. The van der Waals surface area contributed by atoms with Crippen molar-refractivity contribution < 1.29 is 4.42 Å². The molecule has 0 aliphatic carbocycles. The van der Waals surface area contributed by atoms with Crippen molar-refractivity contribution >= 4 is 71.3 Å². The van der Waals surface area contributed by atoms with Crippen molar-refractivity contribution in [1.29, 1.82) is 0 Å². The molecule has 0 atom stereocenters. The van der Waals surface area contributed by atoms with Crippen LogP contribution in [0.3, 0.4) is 0 Å². The summed E-state index contributed by atoms with van der Waals surface area (Å²) in [4.78, 5) is 2.34. The number of furan rings is 1. The molecule has 1 aromatic heterocycles. The number of hydrogen-bond donors (Lipinski definition) is 0. The minimum Gasteiger partial charge on any atom is -0.455 e. The van der Waals surface area contributed by atoms with E-state index >= 15 is 0 Å². The van der Waals surface area contributed by atoms with Gasteiger partial charge in [0.15, 0.2) is 0 Å². The second-order valence-electron chi connectivity index (χ2n) is 16.1. The summed E-state index contributed by atoms with van der Waals surface area (Å²) in [5, 5.41) is 10.00. The first-order chi connectivity index (χ1) is 30.7. The Morgan fingerprint density at radius 3 is 1.27 bits per heavy atom. The summed E-state index contributed by atoms with van der Waals surface area (Å²) in [5.41, 5.74) is 14.4. The molecular formula is C60H39NO. The fourth-order valence-corrected chi connectivity index (χ4v) is 9.41. The van der Waals surface area contributed by atoms with Gasteiger partial charge in [-0.15, -0.1) is 0 Å². The number of nitrogens with zero attached hydrogens (tertiary/aromatic N) is 1. The first kappa shape index (κ1) is 35.7. The van der Waals surface area contributed by atoms with E-state index in [1.54, 1.807) is 0 Å². The Morgan fingerprint density at radius 1 is 0.242 bits per heavy atom. The zero-order valence-electron chi connectivity index (χ0n) is 33.9. The number of para-hydroxylation sites is 2. The topological polar surface area (TPSA) is 16.4 Å². The summed E-state index contributed by atoms with van der Waals surface area (Å²) in [6, 6.07) is 85.3. The van der Waals surface area contributed by atoms with Crippen LogP contribution in [-0.2, 0) is 0 Å². The maximum atomic E-state index is 6.42. The molecule has 0 N–H and O–H groups in total. The van der Waals surface area contributed by atoms with Crippen LogP contribution in [0.4, 0.5) is 17.1 Å². The molecular weight excluding hydrogens is 751 g/mol. The third-order valence-electron chi connectivity index (χ3n) is 12.5. The van der Waals surface area contributed by atoms with Gasteiger partial charge in [0.2, 0.25) is 0 Å². The van der Waals surface area contributed by atoms with Crippen molar-refractivity contribution in [2.75, 3.05) is 4.90 Å². The first-order valence-electron chi connectivity index (χ1n) is 21.2. The lowest BCUT2D eigenvalue weighted by atomic mass is 9.91. The Kier molecular flexibility index (Phi) is 8.53. The van der Waals surface area contributed by atoms with Crippen molar-refractivity contribution in [2.24, 2.45) is 0 Å². The molecule has 0 aliphatic heterocycles. The van der Waals surface area contributed by atoms with E-state index in [0.717, 1.165) is 50.1 Å². The van der Waals surface area contributed by atoms with Crippen LogP contribution >= 0.6 is 0 Å². The van der Waals surface area contributed by atoms with E-state index in [1.165, 1.54) is 65.7 Å². The molecule has 0 fully saturated rings. The predicted octanol–water partition coefficient (Wildman–Crippen LogP) is 17.2. The van der Waals surface area contributed by atoms with Crippen LogP contribution < -0.4 is 4.90 Å². The van der Waals surface area contributed by atoms with E-state index in [2.05, 4.69) is 229 Å². The highest BCUT2D eigenvalue weighted by molar-refractivity contribution is 6.25. The first-order valence-corrected chi connectivity index (χ1v) is 21.2. The van der Waals surface area contributed by atoms with Crippen LogP contribution in [0, 0.1) is 0 Å². The minimum atomic E-state index is 0.906. The van der Waals surface area contributed by atoms with Crippen LogP contribution in [-0.4, -0.2) is 0 Å². The maximum absolute atomic E-state index is 6.42. The lowest BCUT2D eigenvalue weighted by molar-refractivity contribution is 0.670. The monoisotopic (exact) mass is 789 g/mol. The van der Waals surface area contributed by atoms with E-state index in [0.29, 0.717) is 0 Å². The van der Waals surface area contributed by atoms with Gasteiger partial charge in [-0.25, -0.2) is 0 Å². The molecule has 0 aliphatic rings. The third-order valence-corrected chi connectivity index (χ3v) is 12.5. The fourth-order valence-electron chi connectivity index (χ4n) is 9.41. The van der Waals surface area contributed by atoms with Crippen LogP contribution in [0.1, 0.15) is 0 Å². The molecule has 2 heteroatoms. The number of rotatable bonds is 7. The van der Waals surface area contributed by atoms with Crippen LogP contribution in [0.5, 0.6) is 0 Å². The molecule has 0 bridgehead atoms. The van der Waals surface area contributed by atoms with Gasteiger partial charge < -0.3 is 9.32 Å². The largest absolute Gasteiger partial charge is 0.455 e. The van der Waals surface area contributed by atoms with Gasteiger partial charge in [0.25, 0.3) is 0 Å². The summed E-state index contributed by atoms with van der Waals surface area (Å²) in [6.07, 6.45) is 0. The summed E-state index contributed by atoms with van der Waals surface area (Å²) < 4.78 is 6.42. The van der Waals surface area contributed by atoms with Gasteiger partial charge in [0, 0.05) is 33.4 Å². The van der Waals surface area contributed by atoms with E-state index < -0.39 is 0 Å². The summed E-state index contributed by atoms with van der Waals surface area (Å²) in [5.74, 6) is 0. The number of benzene rings is 11. The summed E-state index contributed by atoms with van der Waals surface area (Å²) in [7, 11) is 0. The zero-order chi connectivity index (χ0) is 41.0. The van der Waals surface area contributed by atoms with E-state index in [4.69, 9.17) is 4.42 Å². The molecule has 0 saturated carbocycles. The van der Waals surface area contributed by atoms with Crippen molar-refractivity contribution in [2.45, 2.75) is 0 Å². The van der Waals surface area contributed by atoms with E-state index in [-0.39, 0.29) is 0 Å². The smallest absolute Gasteiger partial charge is 0.143 e. The van der Waals surface area contributed by atoms with Gasteiger partial charge in [-0.05, 0) is 126 Å². The molecule has 11 aromatic carbocycles. The second-order valence-corrected chi connectivity index (χ2v) is 16.1. The van der Waals surface area contributed by atoms with Gasteiger partial charge in [-0.2, -0.15) is 0 Å². The van der Waals surface area contributed by atoms with Crippen molar-refractivity contribution in [3.8, 4) is 44.5 Å². The third kappa shape index (κ3) is 6.12. The molecule has 62 heavy (non-hydrogen) atoms. The van der Waals surface area contributed by atoms with Crippen LogP contribution in [0.2, 0.25) is 0 Å². The lowest BCUT2D eigenvalue weighted by Crippen LogP contribution is -2.09. The van der Waals surface area contributed by atoms with Crippen LogP contribution in [0.15, 0.2) is 241 Å². The second kappa shape index (κ2) is 14.8. The van der Waals surface area contributed by atoms with Gasteiger partial charge in [-0.3, -0.25) is 0 Å². The average molecular weight is 790 g/mol. The molecule has 0 saturated heterocycles. The zero-order valence-corrected chi connectivity index (χ0v) is 33.9. The minimum absolute atomic E-state index is 0.906. The van der Waals surface area contributed by atoms with Gasteiger partial charge in [0.1, 0.15) is 11.2 Å². The molecule has 0 amide bonds. The van der Waals surface area contributed by atoms with Crippen molar-refractivity contribution in [3.63, 3.8) is 0 Å². The Labute approximate surface area is 360 Å². The van der Waals surface area contributed by atoms with Crippen molar-refractivity contribution in [3.05, 3.63) is 237 Å².